The van der Waals surface area contributed by atoms with E-state index in [0.717, 1.165) is 25.9 Å². The molecule has 0 aromatic heterocycles. The molecule has 134 valence electrons. The number of fused-ring (bicyclic) bond motifs is 2. The Bertz CT molecular complexity index is 670. The molecule has 4 aliphatic rings. The van der Waals surface area contributed by atoms with E-state index in [-0.39, 0.29) is 18.5 Å². The average molecular weight is 360 g/mol. The summed E-state index contributed by atoms with van der Waals surface area (Å²) in [5, 5.41) is 6.88. The molecule has 3 heterocycles. The summed E-state index contributed by atoms with van der Waals surface area (Å²) >= 11 is 0. The predicted octanol–water partition coefficient (Wildman–Crippen LogP) is -1.14. The molecule has 2 atom stereocenters. The number of amides is 3. The molecule has 3 amide bonds. The summed E-state index contributed by atoms with van der Waals surface area (Å²) in [5.74, 6) is -0.206. The Kier molecular flexibility index (Phi) is 3.53. The predicted molar refractivity (Wildman–Crippen MR) is 79.9 cm³/mol. The molecule has 11 heteroatoms. The molecule has 3 saturated heterocycles. The van der Waals surface area contributed by atoms with Crippen molar-refractivity contribution in [3.05, 3.63) is 0 Å². The van der Waals surface area contributed by atoms with E-state index in [0.29, 0.717) is 23.3 Å². The first-order valence-corrected chi connectivity index (χ1v) is 9.41. The molecule has 2 unspecified atom stereocenters. The third kappa shape index (κ3) is 2.65. The van der Waals surface area contributed by atoms with Gasteiger partial charge in [-0.2, -0.15) is 13.5 Å². The summed E-state index contributed by atoms with van der Waals surface area (Å²) in [6.45, 7) is 2.21. The molecule has 3 N–H and O–H groups in total. The van der Waals surface area contributed by atoms with Gasteiger partial charge in [0.2, 0.25) is 5.91 Å². The molecule has 0 radical (unpaired) electrons. The Balaban J connectivity index is 1.37. The topological polar surface area (TPSA) is 128 Å². The smallest absolute Gasteiger partial charge is 0.352 e. The molecule has 24 heavy (non-hydrogen) atoms. The van der Waals surface area contributed by atoms with Crippen molar-refractivity contribution in [2.45, 2.75) is 43.8 Å². The quantitative estimate of drug-likeness (QED) is 0.541. The highest BCUT2D eigenvalue weighted by atomic mass is 32.3. The molecule has 1 aliphatic carbocycles. The Morgan fingerprint density at radius 3 is 2.62 bits per heavy atom. The highest BCUT2D eigenvalue weighted by Crippen LogP contribution is 2.44. The molecule has 4 fully saturated rings. The standard InChI is InChI=1S/C13H20N4O6S/c18-11(15-8-3-13(4-8)6-14-7-13)10-2-1-9-5-16(10)12(19)17(9)23-24(20,21)22/h8-10,14H,1-7H2,(H,15,18)(H,20,21,22). The van der Waals surface area contributed by atoms with Crippen LogP contribution in [0.15, 0.2) is 0 Å². The van der Waals surface area contributed by atoms with Crippen LogP contribution in [0.1, 0.15) is 25.7 Å². The molecule has 0 aromatic carbocycles. The van der Waals surface area contributed by atoms with E-state index < -0.39 is 28.5 Å². The van der Waals surface area contributed by atoms with Gasteiger partial charge in [0.15, 0.2) is 0 Å². The molecular formula is C13H20N4O6S. The van der Waals surface area contributed by atoms with Crippen LogP contribution >= 0.6 is 0 Å². The maximum atomic E-state index is 12.5. The van der Waals surface area contributed by atoms with Crippen molar-refractivity contribution in [1.82, 2.24) is 20.6 Å². The van der Waals surface area contributed by atoms with Gasteiger partial charge in [-0.05, 0) is 31.1 Å². The summed E-state index contributed by atoms with van der Waals surface area (Å²) in [7, 11) is -4.77. The molecule has 1 spiro atoms. The zero-order valence-electron chi connectivity index (χ0n) is 13.0. The molecular weight excluding hydrogens is 340 g/mol. The van der Waals surface area contributed by atoms with Gasteiger partial charge < -0.3 is 15.5 Å². The lowest BCUT2D eigenvalue weighted by Crippen LogP contribution is -2.66. The van der Waals surface area contributed by atoms with E-state index in [1.54, 1.807) is 0 Å². The Hall–Kier alpha value is -1.43. The van der Waals surface area contributed by atoms with Crippen molar-refractivity contribution in [1.29, 1.82) is 0 Å². The van der Waals surface area contributed by atoms with Crippen LogP contribution in [-0.2, 0) is 19.5 Å². The number of hydrogen-bond donors (Lipinski definition) is 3. The van der Waals surface area contributed by atoms with Crippen LogP contribution < -0.4 is 10.6 Å². The van der Waals surface area contributed by atoms with E-state index in [4.69, 9.17) is 4.55 Å². The van der Waals surface area contributed by atoms with E-state index in [1.807, 2.05) is 0 Å². The maximum Gasteiger partial charge on any atom is 0.418 e. The highest BCUT2D eigenvalue weighted by Gasteiger charge is 2.52. The lowest BCUT2D eigenvalue weighted by atomic mass is 9.61. The number of piperidine rings is 1. The van der Waals surface area contributed by atoms with Crippen LogP contribution in [0.3, 0.4) is 0 Å². The van der Waals surface area contributed by atoms with Crippen LogP contribution in [0, 0.1) is 5.41 Å². The van der Waals surface area contributed by atoms with Crippen LogP contribution in [0.4, 0.5) is 4.79 Å². The largest absolute Gasteiger partial charge is 0.418 e. The van der Waals surface area contributed by atoms with E-state index >= 15 is 0 Å². The second-order valence-electron chi connectivity index (χ2n) is 7.23. The SMILES string of the molecule is O=C(NC1CC2(CNC2)C1)C1CCC2CN1C(=O)N2OS(=O)(=O)O. The fourth-order valence-electron chi connectivity index (χ4n) is 4.26. The number of nitrogens with zero attached hydrogens (tertiary/aromatic N) is 2. The van der Waals surface area contributed by atoms with Crippen molar-refractivity contribution >= 4 is 22.3 Å². The normalized spacial score (nSPS) is 31.8. The van der Waals surface area contributed by atoms with E-state index in [1.165, 1.54) is 4.90 Å². The molecule has 2 bridgehead atoms. The number of rotatable bonds is 4. The van der Waals surface area contributed by atoms with Crippen LogP contribution in [-0.4, -0.2) is 72.6 Å². The molecule has 4 rings (SSSR count). The van der Waals surface area contributed by atoms with E-state index in [9.17, 15) is 18.0 Å². The van der Waals surface area contributed by atoms with Gasteiger partial charge in [0, 0.05) is 25.7 Å². The number of hydrogen-bond acceptors (Lipinski definition) is 6. The van der Waals surface area contributed by atoms with Gasteiger partial charge in [-0.25, -0.2) is 4.79 Å². The zero-order chi connectivity index (χ0) is 17.1. The summed E-state index contributed by atoms with van der Waals surface area (Å²) in [6, 6.07) is -1.67. The zero-order valence-corrected chi connectivity index (χ0v) is 13.8. The number of urea groups is 1. The van der Waals surface area contributed by atoms with Crippen molar-refractivity contribution in [2.24, 2.45) is 5.41 Å². The van der Waals surface area contributed by atoms with Gasteiger partial charge in [0.25, 0.3) is 0 Å². The second-order valence-corrected chi connectivity index (χ2v) is 8.23. The fourth-order valence-corrected chi connectivity index (χ4v) is 4.64. The second kappa shape index (κ2) is 5.28. The van der Waals surface area contributed by atoms with Crippen LogP contribution in [0.2, 0.25) is 0 Å². The highest BCUT2D eigenvalue weighted by molar-refractivity contribution is 7.80. The molecule has 1 saturated carbocycles. The van der Waals surface area contributed by atoms with Gasteiger partial charge in [-0.15, -0.1) is 4.28 Å². The molecule has 3 aliphatic heterocycles. The van der Waals surface area contributed by atoms with Crippen LogP contribution in [0.25, 0.3) is 0 Å². The lowest BCUT2D eigenvalue weighted by Gasteiger charge is -2.54. The summed E-state index contributed by atoms with van der Waals surface area (Å²) < 4.78 is 34.8. The Morgan fingerprint density at radius 1 is 1.33 bits per heavy atom. The van der Waals surface area contributed by atoms with Crippen molar-refractivity contribution in [3.8, 4) is 0 Å². The minimum atomic E-state index is -4.77. The number of carbonyl (C=O) groups excluding carboxylic acids is 2. The summed E-state index contributed by atoms with van der Waals surface area (Å²) in [4.78, 5) is 26.1. The molecule has 10 nitrogen and oxygen atoms in total. The first-order chi connectivity index (χ1) is 11.3. The van der Waals surface area contributed by atoms with Gasteiger partial charge >= 0.3 is 16.4 Å². The first kappa shape index (κ1) is 16.1. The van der Waals surface area contributed by atoms with Gasteiger partial charge in [0.1, 0.15) is 6.04 Å². The van der Waals surface area contributed by atoms with Crippen LogP contribution in [0.5, 0.6) is 0 Å². The Labute approximate surface area is 139 Å². The fraction of sp³-hybridized carbons (Fsp3) is 0.846. The first-order valence-electron chi connectivity index (χ1n) is 8.04. The average Bonchev–Trinajstić information content (AvgIpc) is 2.64. The van der Waals surface area contributed by atoms with Crippen molar-refractivity contribution in [2.75, 3.05) is 19.6 Å². The minimum Gasteiger partial charge on any atom is -0.352 e. The van der Waals surface area contributed by atoms with Crippen molar-refractivity contribution in [3.63, 3.8) is 0 Å². The van der Waals surface area contributed by atoms with Crippen molar-refractivity contribution < 1.29 is 26.8 Å². The number of hydroxylamine groups is 2. The monoisotopic (exact) mass is 360 g/mol. The van der Waals surface area contributed by atoms with Gasteiger partial charge in [-0.3, -0.25) is 9.35 Å². The molecule has 0 aromatic rings. The lowest BCUT2D eigenvalue weighted by molar-refractivity contribution is -0.129. The number of nitrogens with one attached hydrogen (secondary N) is 2. The summed E-state index contributed by atoms with van der Waals surface area (Å²) in [6.07, 6.45) is 2.78. The minimum absolute atomic E-state index is 0.139. The Morgan fingerprint density at radius 2 is 2.04 bits per heavy atom. The maximum absolute atomic E-state index is 12.5. The van der Waals surface area contributed by atoms with Gasteiger partial charge in [0.05, 0.1) is 6.04 Å². The third-order valence-corrected chi connectivity index (χ3v) is 5.85. The van der Waals surface area contributed by atoms with Gasteiger partial charge in [-0.1, -0.05) is 0 Å². The third-order valence-electron chi connectivity index (χ3n) is 5.51. The summed E-state index contributed by atoms with van der Waals surface area (Å²) in [5.41, 5.74) is 0.346. The number of carbonyl (C=O) groups is 2. The van der Waals surface area contributed by atoms with E-state index in [2.05, 4.69) is 14.9 Å².